The molecule has 1 N–H and O–H groups in total. The van der Waals surface area contributed by atoms with E-state index in [9.17, 15) is 0 Å². The van der Waals surface area contributed by atoms with Gasteiger partial charge in [0.25, 0.3) is 0 Å². The first kappa shape index (κ1) is 14.4. The molecule has 0 amide bonds. The first-order chi connectivity index (χ1) is 10.3. The Kier molecular flexibility index (Phi) is 4.75. The SMILES string of the molecule is Clc1ccc(CSc2n[nH]c(/C=C/c3ccccc3)n2)s1. The van der Waals surface area contributed by atoms with E-state index >= 15 is 0 Å². The lowest BCUT2D eigenvalue weighted by Gasteiger charge is -1.91. The summed E-state index contributed by atoms with van der Waals surface area (Å²) >= 11 is 9.09. The molecular formula is C15H12ClN3S2. The number of thiophene rings is 1. The molecule has 2 heterocycles. The molecule has 3 aromatic rings. The van der Waals surface area contributed by atoms with Gasteiger partial charge in [0.1, 0.15) is 5.82 Å². The maximum Gasteiger partial charge on any atom is 0.209 e. The van der Waals surface area contributed by atoms with Crippen LogP contribution in [0.1, 0.15) is 16.3 Å². The Morgan fingerprint density at radius 1 is 1.14 bits per heavy atom. The van der Waals surface area contributed by atoms with Gasteiger partial charge in [-0.1, -0.05) is 59.8 Å². The van der Waals surface area contributed by atoms with Crippen LogP contribution in [0.25, 0.3) is 12.2 Å². The minimum Gasteiger partial charge on any atom is -0.259 e. The van der Waals surface area contributed by atoms with Crippen LogP contribution < -0.4 is 0 Å². The number of hydrogen-bond donors (Lipinski definition) is 1. The summed E-state index contributed by atoms with van der Waals surface area (Å²) in [5.41, 5.74) is 1.14. The molecule has 0 radical (unpaired) electrons. The predicted octanol–water partition coefficient (Wildman–Crippen LogP) is 4.98. The smallest absolute Gasteiger partial charge is 0.209 e. The van der Waals surface area contributed by atoms with Crippen LogP contribution in [0.5, 0.6) is 0 Å². The van der Waals surface area contributed by atoms with Gasteiger partial charge in [-0.25, -0.2) is 4.98 Å². The van der Waals surface area contributed by atoms with Crippen LogP contribution >= 0.6 is 34.7 Å². The molecule has 106 valence electrons. The Bertz CT molecular complexity index is 734. The first-order valence-electron chi connectivity index (χ1n) is 6.32. The molecule has 0 saturated heterocycles. The number of thioether (sulfide) groups is 1. The van der Waals surface area contributed by atoms with Crippen LogP contribution in [0.3, 0.4) is 0 Å². The number of nitrogens with one attached hydrogen (secondary N) is 1. The van der Waals surface area contributed by atoms with Crippen LogP contribution in [-0.2, 0) is 5.75 Å². The lowest BCUT2D eigenvalue weighted by molar-refractivity contribution is 0.972. The van der Waals surface area contributed by atoms with E-state index in [4.69, 9.17) is 11.6 Å². The minimum absolute atomic E-state index is 0.743. The third-order valence-electron chi connectivity index (χ3n) is 2.69. The van der Waals surface area contributed by atoms with E-state index in [2.05, 4.69) is 15.2 Å². The first-order valence-corrected chi connectivity index (χ1v) is 8.50. The molecule has 3 rings (SSSR count). The number of halogens is 1. The summed E-state index contributed by atoms with van der Waals surface area (Å²) in [6.45, 7) is 0. The molecule has 0 unspecified atom stereocenters. The second-order valence-electron chi connectivity index (χ2n) is 4.24. The molecule has 0 saturated carbocycles. The highest BCUT2D eigenvalue weighted by atomic mass is 35.5. The molecule has 0 spiro atoms. The van der Waals surface area contributed by atoms with Crippen molar-refractivity contribution >= 4 is 46.9 Å². The minimum atomic E-state index is 0.743. The summed E-state index contributed by atoms with van der Waals surface area (Å²) in [6, 6.07) is 14.0. The van der Waals surface area contributed by atoms with Gasteiger partial charge in [0.15, 0.2) is 0 Å². The Labute approximate surface area is 136 Å². The highest BCUT2D eigenvalue weighted by Gasteiger charge is 2.04. The van der Waals surface area contributed by atoms with Crippen LogP contribution in [0.15, 0.2) is 47.6 Å². The molecule has 1 aromatic carbocycles. The van der Waals surface area contributed by atoms with Crippen molar-refractivity contribution in [1.29, 1.82) is 0 Å². The van der Waals surface area contributed by atoms with Crippen molar-refractivity contribution < 1.29 is 0 Å². The topological polar surface area (TPSA) is 41.6 Å². The number of nitrogens with zero attached hydrogens (tertiary/aromatic N) is 2. The molecule has 0 aliphatic rings. The van der Waals surface area contributed by atoms with E-state index in [0.29, 0.717) is 0 Å². The summed E-state index contributed by atoms with van der Waals surface area (Å²) in [7, 11) is 0. The number of aromatic amines is 1. The van der Waals surface area contributed by atoms with Crippen LogP contribution in [0.2, 0.25) is 4.34 Å². The highest BCUT2D eigenvalue weighted by molar-refractivity contribution is 7.98. The standard InChI is InChI=1S/C15H12ClN3S2/c16-13-8-7-12(21-13)10-20-15-17-14(18-19-15)9-6-11-4-2-1-3-5-11/h1-9H,10H2,(H,17,18,19)/b9-6+. The zero-order valence-electron chi connectivity index (χ0n) is 11.0. The van der Waals surface area contributed by atoms with Crippen molar-refractivity contribution in [2.45, 2.75) is 10.9 Å². The molecular weight excluding hydrogens is 322 g/mol. The van der Waals surface area contributed by atoms with E-state index in [1.165, 1.54) is 4.88 Å². The fourth-order valence-electron chi connectivity index (χ4n) is 1.70. The van der Waals surface area contributed by atoms with Crippen molar-refractivity contribution in [3.63, 3.8) is 0 Å². The largest absolute Gasteiger partial charge is 0.259 e. The average molecular weight is 334 g/mol. The summed E-state index contributed by atoms with van der Waals surface area (Å²) in [4.78, 5) is 5.65. The van der Waals surface area contributed by atoms with E-state index in [1.807, 2.05) is 54.6 Å². The summed E-state index contributed by atoms with van der Waals surface area (Å²) in [6.07, 6.45) is 3.93. The maximum absolute atomic E-state index is 5.91. The van der Waals surface area contributed by atoms with Crippen LogP contribution in [0.4, 0.5) is 0 Å². The number of rotatable bonds is 5. The van der Waals surface area contributed by atoms with E-state index in [1.54, 1.807) is 23.1 Å². The Morgan fingerprint density at radius 3 is 2.76 bits per heavy atom. The Morgan fingerprint density at radius 2 is 2.00 bits per heavy atom. The second-order valence-corrected chi connectivity index (χ2v) is 6.98. The van der Waals surface area contributed by atoms with Crippen molar-refractivity contribution in [1.82, 2.24) is 15.2 Å². The Balaban J connectivity index is 1.60. The molecule has 0 aliphatic heterocycles. The Hall–Kier alpha value is -1.56. The number of benzene rings is 1. The summed E-state index contributed by atoms with van der Waals surface area (Å²) in [5, 5.41) is 7.87. The second kappa shape index (κ2) is 6.93. The van der Waals surface area contributed by atoms with Crippen molar-refractivity contribution in [3.05, 3.63) is 63.1 Å². The zero-order valence-corrected chi connectivity index (χ0v) is 13.4. The summed E-state index contributed by atoms with van der Waals surface area (Å²) in [5.74, 6) is 1.59. The highest BCUT2D eigenvalue weighted by Crippen LogP contribution is 2.27. The molecule has 2 aromatic heterocycles. The van der Waals surface area contributed by atoms with Gasteiger partial charge in [-0.3, -0.25) is 5.10 Å². The van der Waals surface area contributed by atoms with E-state index < -0.39 is 0 Å². The molecule has 0 bridgehead atoms. The fourth-order valence-corrected chi connectivity index (χ4v) is 3.64. The van der Waals surface area contributed by atoms with E-state index in [-0.39, 0.29) is 0 Å². The van der Waals surface area contributed by atoms with Gasteiger partial charge in [-0.15, -0.1) is 16.4 Å². The summed E-state index contributed by atoms with van der Waals surface area (Å²) < 4.78 is 0.812. The number of aromatic nitrogens is 3. The van der Waals surface area contributed by atoms with Gasteiger partial charge >= 0.3 is 0 Å². The molecule has 21 heavy (non-hydrogen) atoms. The maximum atomic E-state index is 5.91. The lowest BCUT2D eigenvalue weighted by Crippen LogP contribution is -1.77. The van der Waals surface area contributed by atoms with Gasteiger partial charge < -0.3 is 0 Å². The third-order valence-corrected chi connectivity index (χ3v) is 5.00. The fraction of sp³-hybridized carbons (Fsp3) is 0.0667. The number of H-pyrrole nitrogens is 1. The van der Waals surface area contributed by atoms with Gasteiger partial charge in [-0.2, -0.15) is 0 Å². The monoisotopic (exact) mass is 333 g/mol. The van der Waals surface area contributed by atoms with Crippen molar-refractivity contribution in [2.24, 2.45) is 0 Å². The molecule has 6 heteroatoms. The molecule has 0 aliphatic carbocycles. The molecule has 0 fully saturated rings. The predicted molar refractivity (Wildman–Crippen MR) is 90.6 cm³/mol. The van der Waals surface area contributed by atoms with Gasteiger partial charge in [-0.05, 0) is 23.8 Å². The zero-order chi connectivity index (χ0) is 14.5. The van der Waals surface area contributed by atoms with Crippen LogP contribution in [0, 0.1) is 0 Å². The van der Waals surface area contributed by atoms with Gasteiger partial charge in [0, 0.05) is 10.6 Å². The van der Waals surface area contributed by atoms with Gasteiger partial charge in [0.2, 0.25) is 5.16 Å². The lowest BCUT2D eigenvalue weighted by atomic mass is 10.2. The van der Waals surface area contributed by atoms with Crippen LogP contribution in [-0.4, -0.2) is 15.2 Å². The quantitative estimate of drug-likeness (QED) is 0.669. The third kappa shape index (κ3) is 4.20. The average Bonchev–Trinajstić information content (AvgIpc) is 3.13. The van der Waals surface area contributed by atoms with Crippen molar-refractivity contribution in [3.8, 4) is 0 Å². The van der Waals surface area contributed by atoms with Crippen molar-refractivity contribution in [2.75, 3.05) is 0 Å². The van der Waals surface area contributed by atoms with Gasteiger partial charge in [0.05, 0.1) is 4.34 Å². The molecule has 0 atom stereocenters. The number of hydrogen-bond acceptors (Lipinski definition) is 4. The molecule has 3 nitrogen and oxygen atoms in total. The van der Waals surface area contributed by atoms with E-state index in [0.717, 1.165) is 26.6 Å². The normalized spacial score (nSPS) is 11.3.